The van der Waals surface area contributed by atoms with Crippen LogP contribution in [-0.2, 0) is 18.8 Å². The number of hydrogen-bond donors (Lipinski definition) is 3. The molecule has 210 valence electrons. The van der Waals surface area contributed by atoms with Crippen LogP contribution in [0, 0.1) is 0 Å². The zero-order chi connectivity index (χ0) is 28.3. The lowest BCUT2D eigenvalue weighted by Gasteiger charge is -2.28. The summed E-state index contributed by atoms with van der Waals surface area (Å²) in [5.41, 5.74) is 9.65. The summed E-state index contributed by atoms with van der Waals surface area (Å²) < 4.78 is 23.7. The van der Waals surface area contributed by atoms with Gasteiger partial charge in [0.25, 0.3) is 0 Å². The lowest BCUT2D eigenvalue weighted by atomic mass is 9.98. The maximum absolute atomic E-state index is 12.0. The average molecular weight is 543 g/mol. The summed E-state index contributed by atoms with van der Waals surface area (Å²) in [6.07, 6.45) is 4.68. The summed E-state index contributed by atoms with van der Waals surface area (Å²) >= 11 is 0. The Morgan fingerprint density at radius 3 is 2.35 bits per heavy atom. The third kappa shape index (κ3) is 14.2. The molecule has 4 atom stereocenters. The van der Waals surface area contributed by atoms with Crippen LogP contribution in [0.25, 0.3) is 0 Å². The van der Waals surface area contributed by atoms with Gasteiger partial charge in [-0.1, -0.05) is 25.1 Å². The third-order valence-corrected chi connectivity index (χ3v) is 5.60. The number of aliphatic hydroxyl groups excluding tert-OH is 1. The Morgan fingerprint density at radius 2 is 1.86 bits per heavy atom. The van der Waals surface area contributed by atoms with Crippen molar-refractivity contribution in [1.82, 2.24) is 9.55 Å². The van der Waals surface area contributed by atoms with Crippen LogP contribution >= 0.6 is 9.03 Å². The monoisotopic (exact) mass is 542 g/mol. The van der Waals surface area contributed by atoms with E-state index in [-0.39, 0.29) is 27.1 Å². The van der Waals surface area contributed by atoms with Crippen LogP contribution in [0.4, 0.5) is 5.82 Å². The molecule has 37 heavy (non-hydrogen) atoms. The molecule has 11 nitrogen and oxygen atoms in total. The van der Waals surface area contributed by atoms with E-state index < -0.39 is 11.3 Å². The van der Waals surface area contributed by atoms with E-state index in [0.717, 1.165) is 32.1 Å². The number of nitrogen functional groups attached to an aromatic ring is 1. The molecule has 12 heteroatoms. The second kappa shape index (κ2) is 19.7. The number of aliphatic hydroxyl groups is 1. The van der Waals surface area contributed by atoms with Crippen LogP contribution in [0.2, 0.25) is 0 Å². The van der Waals surface area contributed by atoms with Gasteiger partial charge in [0.2, 0.25) is 9.03 Å². The number of benzene rings is 1. The lowest BCUT2D eigenvalue weighted by molar-refractivity contribution is -0.108. The van der Waals surface area contributed by atoms with E-state index in [1.807, 2.05) is 44.2 Å². The van der Waals surface area contributed by atoms with Crippen LogP contribution < -0.4 is 21.7 Å². The van der Waals surface area contributed by atoms with E-state index in [1.54, 1.807) is 26.3 Å². The zero-order valence-corrected chi connectivity index (χ0v) is 23.6. The van der Waals surface area contributed by atoms with Crippen molar-refractivity contribution in [3.63, 3.8) is 0 Å². The fraction of sp³-hybridized carbons (Fsp3) is 0.560. The Kier molecular flexibility index (Phi) is 18.4. The molecule has 2 heterocycles. The van der Waals surface area contributed by atoms with E-state index in [0.29, 0.717) is 19.0 Å². The van der Waals surface area contributed by atoms with Gasteiger partial charge < -0.3 is 39.9 Å². The van der Waals surface area contributed by atoms with Gasteiger partial charge >= 0.3 is 5.69 Å². The summed E-state index contributed by atoms with van der Waals surface area (Å²) in [7, 11) is 2.60. The van der Waals surface area contributed by atoms with Crippen LogP contribution in [0.1, 0.15) is 53.2 Å². The molecule has 1 aliphatic heterocycles. The van der Waals surface area contributed by atoms with E-state index in [2.05, 4.69) is 11.9 Å². The van der Waals surface area contributed by atoms with Crippen molar-refractivity contribution in [2.45, 2.75) is 70.9 Å². The van der Waals surface area contributed by atoms with E-state index in [1.165, 1.54) is 4.57 Å². The molecule has 1 saturated heterocycles. The molecule has 0 saturated carbocycles. The third-order valence-electron chi connectivity index (χ3n) is 5.02. The maximum Gasteiger partial charge on any atom is 0.351 e. The van der Waals surface area contributed by atoms with Gasteiger partial charge in [0.1, 0.15) is 24.1 Å². The number of hydrogen-bond acceptors (Lipinski definition) is 10. The van der Waals surface area contributed by atoms with Crippen LogP contribution in [0.5, 0.6) is 5.75 Å². The minimum Gasteiger partial charge on any atom is -0.450 e. The molecule has 0 aliphatic carbocycles. The number of aldehydes is 1. The molecule has 1 fully saturated rings. The summed E-state index contributed by atoms with van der Waals surface area (Å²) in [5.74, 6) is 0.986. The van der Waals surface area contributed by atoms with E-state index in [4.69, 9.17) is 35.1 Å². The molecule has 1 aromatic heterocycles. The summed E-state index contributed by atoms with van der Waals surface area (Å²) in [4.78, 5) is 25.1. The molecule has 5 N–H and O–H groups in total. The van der Waals surface area contributed by atoms with Gasteiger partial charge in [-0.3, -0.25) is 4.57 Å². The molecule has 0 amide bonds. The molecular weight excluding hydrogens is 499 g/mol. The number of rotatable bonds is 9. The summed E-state index contributed by atoms with van der Waals surface area (Å²) in [5, 5.41) is 7.00. The van der Waals surface area contributed by atoms with Gasteiger partial charge in [-0.15, -0.1) is 0 Å². The van der Waals surface area contributed by atoms with Crippen LogP contribution in [-0.4, -0.2) is 59.5 Å². The second-order valence-electron chi connectivity index (χ2n) is 8.26. The SMILES string of the molecule is CC(N)C=O.CC[C@@]1(COPOc2ccccc2)CCC(n2ccc(N)nc2=O)O1.CO.COC(C)C. The Hall–Kier alpha value is -2.40. The number of ether oxygens (including phenoxy) is 2. The first-order valence-corrected chi connectivity index (χ1v) is 12.8. The molecule has 3 unspecified atom stereocenters. The first-order chi connectivity index (χ1) is 17.7. The molecule has 0 bridgehead atoms. The van der Waals surface area contributed by atoms with Crippen LogP contribution in [0.3, 0.4) is 0 Å². The second-order valence-corrected chi connectivity index (χ2v) is 8.92. The number of anilines is 1. The highest BCUT2D eigenvalue weighted by Gasteiger charge is 2.40. The molecule has 1 aliphatic rings. The van der Waals surface area contributed by atoms with Crippen molar-refractivity contribution in [3.8, 4) is 5.75 Å². The van der Waals surface area contributed by atoms with Gasteiger partial charge in [0.05, 0.1) is 24.4 Å². The van der Waals surface area contributed by atoms with Gasteiger partial charge in [0.15, 0.2) is 0 Å². The number of aromatic nitrogens is 2. The highest BCUT2D eigenvalue weighted by atomic mass is 31.1. The van der Waals surface area contributed by atoms with Crippen LogP contribution in [0.15, 0.2) is 47.4 Å². The molecular formula is C25H43N4O7P. The van der Waals surface area contributed by atoms with Gasteiger partial charge in [-0.05, 0) is 58.2 Å². The Bertz CT molecular complexity index is 915. The molecule has 3 rings (SSSR count). The fourth-order valence-corrected chi connectivity index (χ4v) is 3.44. The predicted octanol–water partition coefficient (Wildman–Crippen LogP) is 3.07. The first-order valence-electron chi connectivity index (χ1n) is 12.0. The van der Waals surface area contributed by atoms with Gasteiger partial charge in [-0.25, -0.2) is 4.79 Å². The Labute approximate surface area is 221 Å². The normalized spacial score (nSPS) is 19.1. The maximum atomic E-state index is 12.0. The number of nitrogens with zero attached hydrogens (tertiary/aromatic N) is 2. The number of methoxy groups -OCH3 is 1. The van der Waals surface area contributed by atoms with Gasteiger partial charge in [0, 0.05) is 20.4 Å². The number of para-hydroxylation sites is 1. The van der Waals surface area contributed by atoms with Crippen molar-refractivity contribution < 1.29 is 28.4 Å². The molecule has 2 aromatic rings. The smallest absolute Gasteiger partial charge is 0.351 e. The van der Waals surface area contributed by atoms with Crippen molar-refractivity contribution >= 4 is 21.1 Å². The average Bonchev–Trinajstić information content (AvgIpc) is 3.33. The number of nitrogens with two attached hydrogens (primary N) is 2. The fourth-order valence-electron chi connectivity index (χ4n) is 2.83. The lowest BCUT2D eigenvalue weighted by Crippen LogP contribution is -2.34. The topological polar surface area (TPSA) is 161 Å². The minimum absolute atomic E-state index is 0.103. The van der Waals surface area contributed by atoms with E-state index >= 15 is 0 Å². The highest BCUT2D eigenvalue weighted by molar-refractivity contribution is 7.26. The minimum atomic E-state index is -0.418. The number of carbonyl (C=O) groups is 1. The predicted molar refractivity (Wildman–Crippen MR) is 147 cm³/mol. The van der Waals surface area contributed by atoms with E-state index in [9.17, 15) is 9.59 Å². The number of carbonyl (C=O) groups excluding carboxylic acids is 1. The Balaban J connectivity index is 0.000000910. The molecule has 1 aromatic carbocycles. The highest BCUT2D eigenvalue weighted by Crippen LogP contribution is 2.39. The molecule has 0 radical (unpaired) electrons. The van der Waals surface area contributed by atoms with Crippen molar-refractivity contribution in [3.05, 3.63) is 53.1 Å². The summed E-state index contributed by atoms with van der Waals surface area (Å²) in [6.45, 7) is 8.10. The standard InChI is InChI=1S/C17H22N3O4P.C4H10O.C3H7NO.CH4O/c1-2-17(12-22-25-24-13-6-4-3-5-7-13)10-8-15(23-17)20-11-9-14(18)19-16(20)21;1-4(2)5-3;1-3(4)2-5;1-2/h3-7,9,11,15,25H,2,8,10,12H2,1H3,(H2,18,19,21);4H,1-3H3;2-3H,4H2,1H3;2H,1H3/t15?,17-;;;/m0.../s1. The molecule has 0 spiro atoms. The van der Waals surface area contributed by atoms with Crippen molar-refractivity contribution in [1.29, 1.82) is 0 Å². The first kappa shape index (κ1) is 34.6. The Morgan fingerprint density at radius 1 is 1.27 bits per heavy atom. The van der Waals surface area contributed by atoms with Gasteiger partial charge in [-0.2, -0.15) is 4.98 Å². The van der Waals surface area contributed by atoms with Crippen molar-refractivity contribution in [2.24, 2.45) is 5.73 Å². The largest absolute Gasteiger partial charge is 0.450 e. The van der Waals surface area contributed by atoms with Crippen molar-refractivity contribution in [2.75, 3.05) is 26.6 Å². The summed E-state index contributed by atoms with van der Waals surface area (Å²) in [6, 6.07) is 10.8. The zero-order valence-electron chi connectivity index (χ0n) is 22.6. The quantitative estimate of drug-likeness (QED) is 0.244.